The van der Waals surface area contributed by atoms with E-state index >= 15 is 0 Å². The van der Waals surface area contributed by atoms with Crippen molar-refractivity contribution in [1.29, 1.82) is 0 Å². The van der Waals surface area contributed by atoms with Gasteiger partial charge in [-0.2, -0.15) is 0 Å². The Morgan fingerprint density at radius 2 is 1.55 bits per heavy atom. The molecule has 0 spiro atoms. The van der Waals surface area contributed by atoms with Crippen LogP contribution in [0.2, 0.25) is 0 Å². The Labute approximate surface area is 201 Å². The molecule has 1 aliphatic rings. The molecule has 0 bridgehead atoms. The highest BCUT2D eigenvalue weighted by Crippen LogP contribution is 2.28. The second-order valence-corrected chi connectivity index (χ2v) is 9.81. The molecule has 3 rings (SSSR count). The fourth-order valence-electron chi connectivity index (χ4n) is 5.00. The molecular weight excluding hydrogens is 406 g/mol. The summed E-state index contributed by atoms with van der Waals surface area (Å²) in [7, 11) is 0. The molecule has 0 aromatic heterocycles. The number of benzene rings is 2. The third-order valence-corrected chi connectivity index (χ3v) is 7.26. The summed E-state index contributed by atoms with van der Waals surface area (Å²) in [6.07, 6.45) is 10.6. The monoisotopic (exact) mass is 451 g/mol. The lowest BCUT2D eigenvalue weighted by molar-refractivity contribution is 0.0373. The Morgan fingerprint density at radius 3 is 2.21 bits per heavy atom. The van der Waals surface area contributed by atoms with E-state index in [0.29, 0.717) is 0 Å². The minimum Gasteiger partial charge on any atom is -0.387 e. The van der Waals surface area contributed by atoms with Gasteiger partial charge < -0.3 is 16.2 Å². The van der Waals surface area contributed by atoms with Crippen molar-refractivity contribution < 1.29 is 5.11 Å². The molecular formula is C29H45N3O. The minimum atomic E-state index is -0.446. The number of hydrogen-bond acceptors (Lipinski definition) is 4. The summed E-state index contributed by atoms with van der Waals surface area (Å²) in [5, 5.41) is 14.5. The van der Waals surface area contributed by atoms with Crippen molar-refractivity contribution >= 4 is 5.69 Å². The summed E-state index contributed by atoms with van der Waals surface area (Å²) in [4.78, 5) is 2.46. The van der Waals surface area contributed by atoms with Gasteiger partial charge in [0.1, 0.15) is 0 Å². The van der Waals surface area contributed by atoms with E-state index in [1.54, 1.807) is 0 Å². The highest BCUT2D eigenvalue weighted by Gasteiger charge is 2.27. The first-order valence-electron chi connectivity index (χ1n) is 13.2. The molecule has 2 atom stereocenters. The number of nitrogens with one attached hydrogen (secondary N) is 1. The van der Waals surface area contributed by atoms with Crippen LogP contribution in [-0.4, -0.2) is 42.2 Å². The molecule has 0 amide bonds. The molecule has 1 saturated heterocycles. The predicted octanol–water partition coefficient (Wildman–Crippen LogP) is 5.77. The van der Waals surface area contributed by atoms with Crippen LogP contribution in [0, 0.1) is 5.92 Å². The number of piperidine rings is 1. The molecule has 4 N–H and O–H groups in total. The summed E-state index contributed by atoms with van der Waals surface area (Å²) >= 11 is 0. The molecule has 1 heterocycles. The van der Waals surface area contributed by atoms with Gasteiger partial charge in [-0.25, -0.2) is 0 Å². The standard InChI is InChI=1S/C29H45N3O/c1-24(32-21-17-26(18-22-32)23-25-11-7-6-8-12-25)29(33)27-13-15-28(16-14-27)31-20-10-5-3-2-4-9-19-30/h6-8,11-16,24,26,29,31,33H,2-5,9-10,17-23,30H2,1H3/t24-,29-/m0/s1. The van der Waals surface area contributed by atoms with Gasteiger partial charge in [0.2, 0.25) is 0 Å². The second kappa shape index (κ2) is 14.4. The van der Waals surface area contributed by atoms with E-state index in [-0.39, 0.29) is 6.04 Å². The molecule has 4 nitrogen and oxygen atoms in total. The average molecular weight is 452 g/mol. The number of aliphatic hydroxyl groups excluding tert-OH is 1. The van der Waals surface area contributed by atoms with Gasteiger partial charge in [-0.05, 0) is 87.8 Å². The lowest BCUT2D eigenvalue weighted by atomic mass is 9.89. The van der Waals surface area contributed by atoms with Crippen molar-refractivity contribution in [3.63, 3.8) is 0 Å². The van der Waals surface area contributed by atoms with E-state index in [2.05, 4.69) is 71.7 Å². The third kappa shape index (κ3) is 8.77. The zero-order valence-electron chi connectivity index (χ0n) is 20.6. The Kier molecular flexibility index (Phi) is 11.2. The molecule has 33 heavy (non-hydrogen) atoms. The summed E-state index contributed by atoms with van der Waals surface area (Å²) in [6.45, 7) is 6.14. The molecule has 0 radical (unpaired) electrons. The van der Waals surface area contributed by atoms with Crippen molar-refractivity contribution in [2.75, 3.05) is 31.5 Å². The number of anilines is 1. The number of likely N-dealkylation sites (tertiary alicyclic amines) is 1. The Balaban J connectivity index is 1.36. The van der Waals surface area contributed by atoms with E-state index in [0.717, 1.165) is 49.8 Å². The van der Waals surface area contributed by atoms with Crippen LogP contribution in [0.4, 0.5) is 5.69 Å². The molecule has 2 aromatic rings. The quantitative estimate of drug-likeness (QED) is 0.319. The zero-order chi connectivity index (χ0) is 23.3. The molecule has 1 fully saturated rings. The topological polar surface area (TPSA) is 61.5 Å². The lowest BCUT2D eigenvalue weighted by Crippen LogP contribution is -2.43. The highest BCUT2D eigenvalue weighted by molar-refractivity contribution is 5.45. The van der Waals surface area contributed by atoms with Crippen LogP contribution in [-0.2, 0) is 6.42 Å². The summed E-state index contributed by atoms with van der Waals surface area (Å²) < 4.78 is 0. The van der Waals surface area contributed by atoms with Crippen molar-refractivity contribution in [3.05, 3.63) is 65.7 Å². The average Bonchev–Trinajstić information content (AvgIpc) is 2.86. The van der Waals surface area contributed by atoms with Gasteiger partial charge in [0.05, 0.1) is 6.10 Å². The zero-order valence-corrected chi connectivity index (χ0v) is 20.6. The van der Waals surface area contributed by atoms with Gasteiger partial charge in [0.25, 0.3) is 0 Å². The van der Waals surface area contributed by atoms with E-state index < -0.39 is 6.10 Å². The maximum absolute atomic E-state index is 11.0. The van der Waals surface area contributed by atoms with E-state index in [1.807, 2.05) is 0 Å². The fourth-order valence-corrected chi connectivity index (χ4v) is 5.00. The largest absolute Gasteiger partial charge is 0.387 e. The van der Waals surface area contributed by atoms with Gasteiger partial charge >= 0.3 is 0 Å². The number of unbranched alkanes of at least 4 members (excludes halogenated alkanes) is 5. The van der Waals surface area contributed by atoms with Crippen LogP contribution in [0.3, 0.4) is 0 Å². The van der Waals surface area contributed by atoms with Crippen LogP contribution in [0.1, 0.15) is 75.5 Å². The first-order valence-corrected chi connectivity index (χ1v) is 13.2. The molecule has 0 aliphatic carbocycles. The van der Waals surface area contributed by atoms with Gasteiger partial charge in [0, 0.05) is 18.3 Å². The number of hydrogen-bond donors (Lipinski definition) is 3. The van der Waals surface area contributed by atoms with Crippen LogP contribution >= 0.6 is 0 Å². The maximum Gasteiger partial charge on any atom is 0.0942 e. The number of rotatable bonds is 14. The summed E-state index contributed by atoms with van der Waals surface area (Å²) in [5.74, 6) is 0.754. The van der Waals surface area contributed by atoms with E-state index in [9.17, 15) is 5.11 Å². The molecule has 4 heteroatoms. The highest BCUT2D eigenvalue weighted by atomic mass is 16.3. The molecule has 182 valence electrons. The van der Waals surface area contributed by atoms with Gasteiger partial charge in [-0.15, -0.1) is 0 Å². The Morgan fingerprint density at radius 1 is 0.909 bits per heavy atom. The van der Waals surface area contributed by atoms with Crippen LogP contribution in [0.15, 0.2) is 54.6 Å². The maximum atomic E-state index is 11.0. The Hall–Kier alpha value is -1.88. The second-order valence-electron chi connectivity index (χ2n) is 9.81. The van der Waals surface area contributed by atoms with Crippen molar-refractivity contribution in [1.82, 2.24) is 4.90 Å². The van der Waals surface area contributed by atoms with Crippen molar-refractivity contribution in [2.45, 2.75) is 76.9 Å². The molecule has 1 aliphatic heterocycles. The van der Waals surface area contributed by atoms with E-state index in [1.165, 1.54) is 56.9 Å². The molecule has 0 unspecified atom stereocenters. The van der Waals surface area contributed by atoms with Gasteiger partial charge in [-0.3, -0.25) is 4.90 Å². The van der Waals surface area contributed by atoms with Gasteiger partial charge in [0.15, 0.2) is 0 Å². The van der Waals surface area contributed by atoms with E-state index in [4.69, 9.17) is 5.73 Å². The van der Waals surface area contributed by atoms with Crippen molar-refractivity contribution in [3.8, 4) is 0 Å². The third-order valence-electron chi connectivity index (χ3n) is 7.26. The first-order chi connectivity index (χ1) is 16.2. The fraction of sp³-hybridized carbons (Fsp3) is 0.586. The molecule has 0 saturated carbocycles. The number of aliphatic hydroxyl groups is 1. The SMILES string of the molecule is C[C@@H]([C@H](O)c1ccc(NCCCCCCCCN)cc1)N1CCC(Cc2ccccc2)CC1. The van der Waals surface area contributed by atoms with Crippen molar-refractivity contribution in [2.24, 2.45) is 11.7 Å². The van der Waals surface area contributed by atoms with Crippen LogP contribution in [0.25, 0.3) is 0 Å². The van der Waals surface area contributed by atoms with Crippen LogP contribution < -0.4 is 11.1 Å². The van der Waals surface area contributed by atoms with Gasteiger partial charge in [-0.1, -0.05) is 68.1 Å². The smallest absolute Gasteiger partial charge is 0.0942 e. The normalized spacial score (nSPS) is 17.1. The predicted molar refractivity (Wildman–Crippen MR) is 141 cm³/mol. The van der Waals surface area contributed by atoms with Crippen LogP contribution in [0.5, 0.6) is 0 Å². The lowest BCUT2D eigenvalue weighted by Gasteiger charge is -2.38. The molecule has 2 aromatic carbocycles. The summed E-state index contributed by atoms with van der Waals surface area (Å²) in [6, 6.07) is 19.4. The minimum absolute atomic E-state index is 0.140. The number of nitrogens with two attached hydrogens (primary N) is 1. The summed E-state index contributed by atoms with van der Waals surface area (Å²) in [5.41, 5.74) is 9.14. The first kappa shape index (κ1) is 25.7. The number of nitrogens with zero attached hydrogens (tertiary/aromatic N) is 1. The Bertz CT molecular complexity index is 756.